The quantitative estimate of drug-likeness (QED) is 0.496. The highest BCUT2D eigenvalue weighted by Crippen LogP contribution is 2.24. The van der Waals surface area contributed by atoms with E-state index in [-0.39, 0.29) is 18.1 Å². The molecule has 1 aromatic heterocycles. The zero-order valence-electron chi connectivity index (χ0n) is 13.8. The van der Waals surface area contributed by atoms with Crippen LogP contribution in [0.25, 0.3) is 11.3 Å². The van der Waals surface area contributed by atoms with Gasteiger partial charge in [0.2, 0.25) is 0 Å². The third kappa shape index (κ3) is 3.73. The molecule has 0 radical (unpaired) electrons. The molecule has 0 fully saturated rings. The number of nitrogens with zero attached hydrogens (tertiary/aromatic N) is 3. The maximum atomic E-state index is 12.6. The minimum absolute atomic E-state index is 0.0679. The summed E-state index contributed by atoms with van der Waals surface area (Å²) in [5.74, 6) is 0.387. The SMILES string of the molecule is CN(Cc1cc([N+](=O)[O-])ccc1Cl)C(=O)c1ccc(-c2cnco2)cc1. The molecule has 26 heavy (non-hydrogen) atoms. The van der Waals surface area contributed by atoms with E-state index < -0.39 is 4.92 Å². The molecule has 0 spiro atoms. The lowest BCUT2D eigenvalue weighted by atomic mass is 10.1. The van der Waals surface area contributed by atoms with Gasteiger partial charge in [0.05, 0.1) is 11.1 Å². The van der Waals surface area contributed by atoms with Gasteiger partial charge in [0.25, 0.3) is 11.6 Å². The Kier molecular flexibility index (Phi) is 4.99. The van der Waals surface area contributed by atoms with Crippen LogP contribution in [-0.4, -0.2) is 27.8 Å². The number of nitro benzene ring substituents is 1. The number of nitro groups is 1. The molecule has 0 bridgehead atoms. The average molecular weight is 372 g/mol. The molecule has 3 aromatic rings. The fraction of sp³-hybridized carbons (Fsp3) is 0.111. The highest BCUT2D eigenvalue weighted by atomic mass is 35.5. The second-order valence-corrected chi connectivity index (χ2v) is 6.04. The fourth-order valence-electron chi connectivity index (χ4n) is 2.48. The second kappa shape index (κ2) is 7.37. The molecule has 7 nitrogen and oxygen atoms in total. The molecule has 8 heteroatoms. The van der Waals surface area contributed by atoms with E-state index in [0.717, 1.165) is 5.56 Å². The lowest BCUT2D eigenvalue weighted by Crippen LogP contribution is -2.26. The summed E-state index contributed by atoms with van der Waals surface area (Å²) in [5, 5.41) is 11.3. The number of carbonyl (C=O) groups is 1. The van der Waals surface area contributed by atoms with E-state index in [4.69, 9.17) is 16.0 Å². The minimum Gasteiger partial charge on any atom is -0.444 e. The largest absolute Gasteiger partial charge is 0.444 e. The number of hydrogen-bond donors (Lipinski definition) is 0. The summed E-state index contributed by atoms with van der Waals surface area (Å²) >= 11 is 6.10. The van der Waals surface area contributed by atoms with Crippen molar-refractivity contribution >= 4 is 23.2 Å². The molecule has 0 atom stereocenters. The van der Waals surface area contributed by atoms with Gasteiger partial charge in [-0.25, -0.2) is 4.98 Å². The van der Waals surface area contributed by atoms with Crippen molar-refractivity contribution in [2.24, 2.45) is 0 Å². The number of hydrogen-bond acceptors (Lipinski definition) is 5. The molecule has 1 amide bonds. The Morgan fingerprint density at radius 2 is 2.00 bits per heavy atom. The fourth-order valence-corrected chi connectivity index (χ4v) is 2.66. The van der Waals surface area contributed by atoms with Crippen LogP contribution in [0, 0.1) is 10.1 Å². The summed E-state index contributed by atoms with van der Waals surface area (Å²) < 4.78 is 5.21. The van der Waals surface area contributed by atoms with E-state index in [9.17, 15) is 14.9 Å². The smallest absolute Gasteiger partial charge is 0.269 e. The van der Waals surface area contributed by atoms with Crippen LogP contribution in [0.15, 0.2) is 59.5 Å². The van der Waals surface area contributed by atoms with Crippen molar-refractivity contribution in [3.8, 4) is 11.3 Å². The minimum atomic E-state index is -0.496. The third-order valence-corrected chi connectivity index (χ3v) is 4.21. The number of oxazole rings is 1. The molecule has 1 heterocycles. The van der Waals surface area contributed by atoms with Gasteiger partial charge in [-0.2, -0.15) is 0 Å². The number of halogens is 1. The molecule has 0 unspecified atom stereocenters. The summed E-state index contributed by atoms with van der Waals surface area (Å²) in [5.41, 5.74) is 1.73. The van der Waals surface area contributed by atoms with Gasteiger partial charge in [0.1, 0.15) is 0 Å². The van der Waals surface area contributed by atoms with Crippen molar-refractivity contribution in [2.75, 3.05) is 7.05 Å². The predicted octanol–water partition coefficient (Wildman–Crippen LogP) is 4.18. The van der Waals surface area contributed by atoms with E-state index in [1.165, 1.54) is 29.5 Å². The van der Waals surface area contributed by atoms with Crippen molar-refractivity contribution in [3.63, 3.8) is 0 Å². The van der Waals surface area contributed by atoms with Gasteiger partial charge >= 0.3 is 0 Å². The summed E-state index contributed by atoms with van der Waals surface area (Å²) in [6, 6.07) is 11.1. The summed E-state index contributed by atoms with van der Waals surface area (Å²) in [4.78, 5) is 28.3. The number of carbonyl (C=O) groups excluding carboxylic acids is 1. The molecule has 0 saturated carbocycles. The summed E-state index contributed by atoms with van der Waals surface area (Å²) in [6.45, 7) is 0.156. The Morgan fingerprint density at radius 3 is 2.62 bits per heavy atom. The predicted molar refractivity (Wildman–Crippen MR) is 95.8 cm³/mol. The van der Waals surface area contributed by atoms with Crippen LogP contribution in [0.2, 0.25) is 5.02 Å². The standard InChI is InChI=1S/C18H14ClN3O4/c1-21(10-14-8-15(22(24)25)6-7-16(14)19)18(23)13-4-2-12(3-5-13)17-9-20-11-26-17/h2-9,11H,10H2,1H3. The monoisotopic (exact) mass is 371 g/mol. The van der Waals surface area contributed by atoms with Crippen molar-refractivity contribution in [2.45, 2.75) is 6.54 Å². The molecule has 3 rings (SSSR count). The van der Waals surface area contributed by atoms with Gasteiger partial charge in [-0.15, -0.1) is 0 Å². The highest BCUT2D eigenvalue weighted by molar-refractivity contribution is 6.31. The Morgan fingerprint density at radius 1 is 1.27 bits per heavy atom. The molecule has 2 aromatic carbocycles. The zero-order valence-corrected chi connectivity index (χ0v) is 14.5. The van der Waals surface area contributed by atoms with Crippen LogP contribution >= 0.6 is 11.6 Å². The Balaban J connectivity index is 1.76. The number of amides is 1. The molecular formula is C18H14ClN3O4. The van der Waals surface area contributed by atoms with Gasteiger partial charge in [-0.3, -0.25) is 14.9 Å². The van der Waals surface area contributed by atoms with Gasteiger partial charge in [-0.1, -0.05) is 23.7 Å². The van der Waals surface area contributed by atoms with Gasteiger partial charge in [0.15, 0.2) is 12.2 Å². The summed E-state index contributed by atoms with van der Waals surface area (Å²) in [6.07, 6.45) is 2.93. The first kappa shape index (κ1) is 17.6. The molecule has 0 aliphatic rings. The van der Waals surface area contributed by atoms with Crippen LogP contribution in [0.5, 0.6) is 0 Å². The van der Waals surface area contributed by atoms with Crippen molar-refractivity contribution < 1.29 is 14.1 Å². The van der Waals surface area contributed by atoms with Crippen LogP contribution in [-0.2, 0) is 6.54 Å². The van der Waals surface area contributed by atoms with E-state index in [1.807, 2.05) is 0 Å². The third-order valence-electron chi connectivity index (χ3n) is 3.84. The van der Waals surface area contributed by atoms with E-state index in [0.29, 0.717) is 21.9 Å². The Labute approximate surface area is 154 Å². The molecule has 0 aliphatic heterocycles. The first-order chi connectivity index (χ1) is 12.5. The lowest BCUT2D eigenvalue weighted by Gasteiger charge is -2.18. The number of aromatic nitrogens is 1. The first-order valence-electron chi connectivity index (χ1n) is 7.63. The van der Waals surface area contributed by atoms with Crippen LogP contribution in [0.1, 0.15) is 15.9 Å². The first-order valence-corrected chi connectivity index (χ1v) is 8.00. The van der Waals surface area contributed by atoms with Gasteiger partial charge < -0.3 is 9.32 Å². The maximum Gasteiger partial charge on any atom is 0.269 e. The van der Waals surface area contributed by atoms with Crippen LogP contribution in [0.3, 0.4) is 0 Å². The van der Waals surface area contributed by atoms with Gasteiger partial charge in [0, 0.05) is 41.9 Å². The Bertz CT molecular complexity index is 940. The molecule has 0 saturated heterocycles. The van der Waals surface area contributed by atoms with Crippen LogP contribution in [0.4, 0.5) is 5.69 Å². The average Bonchev–Trinajstić information content (AvgIpc) is 3.17. The van der Waals surface area contributed by atoms with Crippen molar-refractivity contribution in [1.29, 1.82) is 0 Å². The van der Waals surface area contributed by atoms with Crippen molar-refractivity contribution in [1.82, 2.24) is 9.88 Å². The topological polar surface area (TPSA) is 89.5 Å². The molecular weight excluding hydrogens is 358 g/mol. The summed E-state index contributed by atoms with van der Waals surface area (Å²) in [7, 11) is 1.61. The maximum absolute atomic E-state index is 12.6. The van der Waals surface area contributed by atoms with Crippen molar-refractivity contribution in [3.05, 3.63) is 81.3 Å². The number of benzene rings is 2. The van der Waals surface area contributed by atoms with E-state index in [1.54, 1.807) is 37.5 Å². The molecule has 0 N–H and O–H groups in total. The Hall–Kier alpha value is -3.19. The van der Waals surface area contributed by atoms with E-state index in [2.05, 4.69) is 4.98 Å². The van der Waals surface area contributed by atoms with Crippen LogP contribution < -0.4 is 0 Å². The highest BCUT2D eigenvalue weighted by Gasteiger charge is 2.16. The number of non-ortho nitro benzene ring substituents is 1. The second-order valence-electron chi connectivity index (χ2n) is 5.64. The number of rotatable bonds is 5. The molecule has 132 valence electrons. The zero-order chi connectivity index (χ0) is 18.7. The van der Waals surface area contributed by atoms with Gasteiger partial charge in [-0.05, 0) is 23.8 Å². The molecule has 0 aliphatic carbocycles. The normalized spacial score (nSPS) is 10.5. The van der Waals surface area contributed by atoms with E-state index >= 15 is 0 Å². The lowest BCUT2D eigenvalue weighted by molar-refractivity contribution is -0.384.